The van der Waals surface area contributed by atoms with E-state index in [1.807, 2.05) is 12.1 Å². The van der Waals surface area contributed by atoms with E-state index in [4.69, 9.17) is 35.4 Å². The van der Waals surface area contributed by atoms with E-state index in [1.54, 1.807) is 6.07 Å². The minimum Gasteiger partial charge on any atom is -0.352 e. The molecule has 2 aliphatic rings. The monoisotopic (exact) mass is 360 g/mol. The Hall–Kier alpha value is -1.55. The van der Waals surface area contributed by atoms with Crippen LogP contribution in [0.3, 0.4) is 0 Å². The van der Waals surface area contributed by atoms with E-state index in [9.17, 15) is 0 Å². The lowest BCUT2D eigenvalue weighted by molar-refractivity contribution is 0.667. The number of halogens is 2. The predicted octanol–water partition coefficient (Wildman–Crippen LogP) is 4.87. The molecule has 116 valence electrons. The summed E-state index contributed by atoms with van der Waals surface area (Å²) in [5.74, 6) is 0. The molecule has 2 N–H and O–H groups in total. The lowest BCUT2D eigenvalue weighted by Crippen LogP contribution is -2.44. The molecule has 1 heterocycles. The van der Waals surface area contributed by atoms with Gasteiger partial charge in [0.1, 0.15) is 0 Å². The second-order valence-electron chi connectivity index (χ2n) is 5.75. The molecule has 0 amide bonds. The summed E-state index contributed by atoms with van der Waals surface area (Å²) in [6.45, 7) is 0. The standard InChI is InChI=1S/C18H14Cl2N2S/c19-11-6-8-13(15(20)9-11)17-14-7-5-10-3-1-2-4-12(10)16(14)21-18(23)22-17/h1-4,6,8-9,17H,5,7H2,(H2,21,22,23)/t17-/m0/s1. The Morgan fingerprint density at radius 2 is 1.87 bits per heavy atom. The maximum absolute atomic E-state index is 6.43. The third-order valence-corrected chi connectivity index (χ3v) is 5.19. The van der Waals surface area contributed by atoms with Crippen molar-refractivity contribution >= 4 is 46.2 Å². The molecule has 0 saturated carbocycles. The van der Waals surface area contributed by atoms with Gasteiger partial charge in [-0.25, -0.2) is 0 Å². The van der Waals surface area contributed by atoms with Gasteiger partial charge in [0, 0.05) is 21.3 Å². The Morgan fingerprint density at radius 3 is 2.70 bits per heavy atom. The van der Waals surface area contributed by atoms with Gasteiger partial charge < -0.3 is 10.6 Å². The largest absolute Gasteiger partial charge is 0.352 e. The van der Waals surface area contributed by atoms with E-state index in [2.05, 4.69) is 34.9 Å². The minimum absolute atomic E-state index is 0.0168. The number of hydrogen-bond acceptors (Lipinski definition) is 1. The third kappa shape index (κ3) is 2.63. The van der Waals surface area contributed by atoms with Gasteiger partial charge in [0.05, 0.1) is 6.04 Å². The number of aryl methyl sites for hydroxylation is 1. The Bertz CT molecular complexity index is 845. The molecule has 0 aromatic heterocycles. The van der Waals surface area contributed by atoms with Crippen LogP contribution >= 0.6 is 35.4 Å². The van der Waals surface area contributed by atoms with Crippen LogP contribution in [0.4, 0.5) is 0 Å². The average Bonchev–Trinajstić information content (AvgIpc) is 2.54. The summed E-state index contributed by atoms with van der Waals surface area (Å²) < 4.78 is 0. The van der Waals surface area contributed by atoms with Crippen molar-refractivity contribution < 1.29 is 0 Å². The maximum atomic E-state index is 6.43. The number of benzene rings is 2. The molecule has 0 unspecified atom stereocenters. The Balaban J connectivity index is 1.87. The molecular weight excluding hydrogens is 347 g/mol. The van der Waals surface area contributed by atoms with Crippen LogP contribution in [0.25, 0.3) is 5.70 Å². The molecule has 2 aromatic rings. The molecule has 1 atom stereocenters. The van der Waals surface area contributed by atoms with Crippen LogP contribution in [0.1, 0.15) is 29.2 Å². The van der Waals surface area contributed by atoms with E-state index in [0.29, 0.717) is 15.2 Å². The van der Waals surface area contributed by atoms with E-state index < -0.39 is 0 Å². The SMILES string of the molecule is S=C1NC2=C(CCc3ccccc32)[C@H](c2ccc(Cl)cc2Cl)N1. The smallest absolute Gasteiger partial charge is 0.171 e. The molecule has 2 aromatic carbocycles. The van der Waals surface area contributed by atoms with Crippen molar-refractivity contribution in [3.8, 4) is 0 Å². The predicted molar refractivity (Wildman–Crippen MR) is 99.8 cm³/mol. The molecule has 1 aliphatic heterocycles. The van der Waals surface area contributed by atoms with Crippen LogP contribution in [0.5, 0.6) is 0 Å². The summed E-state index contributed by atoms with van der Waals surface area (Å²) in [5, 5.41) is 8.61. The van der Waals surface area contributed by atoms with Crippen LogP contribution in [0.2, 0.25) is 10.0 Å². The molecule has 0 fully saturated rings. The highest BCUT2D eigenvalue weighted by atomic mass is 35.5. The van der Waals surface area contributed by atoms with Crippen molar-refractivity contribution in [2.45, 2.75) is 18.9 Å². The quantitative estimate of drug-likeness (QED) is 0.709. The fraction of sp³-hybridized carbons (Fsp3) is 0.167. The number of nitrogens with one attached hydrogen (secondary N) is 2. The van der Waals surface area contributed by atoms with E-state index in [0.717, 1.165) is 24.1 Å². The minimum atomic E-state index is -0.0168. The second kappa shape index (κ2) is 5.82. The first-order chi connectivity index (χ1) is 11.1. The third-order valence-electron chi connectivity index (χ3n) is 4.41. The fourth-order valence-corrected chi connectivity index (χ4v) is 4.09. The van der Waals surface area contributed by atoms with Gasteiger partial charge in [0.2, 0.25) is 0 Å². The van der Waals surface area contributed by atoms with Crippen molar-refractivity contribution in [2.24, 2.45) is 0 Å². The summed E-state index contributed by atoms with van der Waals surface area (Å²) in [4.78, 5) is 0. The molecule has 0 bridgehead atoms. The van der Waals surface area contributed by atoms with Gasteiger partial charge in [-0.05, 0) is 53.9 Å². The Labute approximate surface area is 150 Å². The Morgan fingerprint density at radius 1 is 1.04 bits per heavy atom. The zero-order valence-corrected chi connectivity index (χ0v) is 14.5. The molecule has 4 rings (SSSR count). The maximum Gasteiger partial charge on any atom is 0.171 e. The van der Waals surface area contributed by atoms with Gasteiger partial charge in [-0.15, -0.1) is 0 Å². The van der Waals surface area contributed by atoms with E-state index >= 15 is 0 Å². The van der Waals surface area contributed by atoms with Crippen LogP contribution < -0.4 is 10.6 Å². The molecule has 2 nitrogen and oxygen atoms in total. The second-order valence-corrected chi connectivity index (χ2v) is 7.01. The first-order valence-corrected chi connectivity index (χ1v) is 8.63. The lowest BCUT2D eigenvalue weighted by atomic mass is 9.83. The van der Waals surface area contributed by atoms with Crippen molar-refractivity contribution in [3.05, 3.63) is 74.8 Å². The van der Waals surface area contributed by atoms with E-state index in [-0.39, 0.29) is 6.04 Å². The number of thiocarbonyl (C=S) groups is 1. The topological polar surface area (TPSA) is 24.1 Å². The van der Waals surface area contributed by atoms with Crippen molar-refractivity contribution in [1.82, 2.24) is 10.6 Å². The van der Waals surface area contributed by atoms with Crippen molar-refractivity contribution in [3.63, 3.8) is 0 Å². The molecular formula is C18H14Cl2N2S. The van der Waals surface area contributed by atoms with Crippen LogP contribution in [-0.2, 0) is 6.42 Å². The van der Waals surface area contributed by atoms with Gasteiger partial charge in [-0.2, -0.15) is 0 Å². The number of rotatable bonds is 1. The van der Waals surface area contributed by atoms with Gasteiger partial charge in [0.25, 0.3) is 0 Å². The molecule has 0 spiro atoms. The van der Waals surface area contributed by atoms with Gasteiger partial charge >= 0.3 is 0 Å². The Kier molecular flexibility index (Phi) is 3.80. The average molecular weight is 361 g/mol. The van der Waals surface area contributed by atoms with Crippen molar-refractivity contribution in [1.29, 1.82) is 0 Å². The van der Waals surface area contributed by atoms with Gasteiger partial charge in [0.15, 0.2) is 5.11 Å². The highest BCUT2D eigenvalue weighted by Crippen LogP contribution is 2.40. The van der Waals surface area contributed by atoms with Gasteiger partial charge in [-0.3, -0.25) is 0 Å². The highest BCUT2D eigenvalue weighted by molar-refractivity contribution is 7.80. The number of fused-ring (bicyclic) bond motifs is 2. The van der Waals surface area contributed by atoms with Crippen LogP contribution in [0.15, 0.2) is 48.0 Å². The summed E-state index contributed by atoms with van der Waals surface area (Å²) in [6, 6.07) is 14.1. The molecule has 1 aliphatic carbocycles. The summed E-state index contributed by atoms with van der Waals surface area (Å²) in [5.41, 5.74) is 6.00. The summed E-state index contributed by atoms with van der Waals surface area (Å²) in [7, 11) is 0. The van der Waals surface area contributed by atoms with E-state index in [1.165, 1.54) is 16.7 Å². The van der Waals surface area contributed by atoms with Crippen LogP contribution in [0, 0.1) is 0 Å². The zero-order valence-electron chi connectivity index (χ0n) is 12.2. The first-order valence-electron chi connectivity index (χ1n) is 7.47. The first kappa shape index (κ1) is 15.0. The normalized spacial score (nSPS) is 19.6. The molecule has 0 radical (unpaired) electrons. The summed E-state index contributed by atoms with van der Waals surface area (Å²) >= 11 is 17.9. The zero-order chi connectivity index (χ0) is 16.0. The van der Waals surface area contributed by atoms with Gasteiger partial charge in [-0.1, -0.05) is 53.5 Å². The summed E-state index contributed by atoms with van der Waals surface area (Å²) in [6.07, 6.45) is 1.99. The number of hydrogen-bond donors (Lipinski definition) is 2. The van der Waals surface area contributed by atoms with Crippen LogP contribution in [-0.4, -0.2) is 5.11 Å². The fourth-order valence-electron chi connectivity index (χ4n) is 3.35. The van der Waals surface area contributed by atoms with Crippen molar-refractivity contribution in [2.75, 3.05) is 0 Å². The molecule has 0 saturated heterocycles. The highest BCUT2D eigenvalue weighted by Gasteiger charge is 2.31. The molecule has 5 heteroatoms. The lowest BCUT2D eigenvalue weighted by Gasteiger charge is -2.36. The molecule has 23 heavy (non-hydrogen) atoms.